The Morgan fingerprint density at radius 3 is 2.35 bits per heavy atom. The number of halogens is 1. The molecular formula is C10H16ClN3O2S. The van der Waals surface area contributed by atoms with Crippen LogP contribution in [-0.2, 0) is 10.2 Å². The van der Waals surface area contributed by atoms with Crippen LogP contribution >= 0.6 is 11.6 Å². The maximum Gasteiger partial charge on any atom is 0.299 e. The molecule has 0 aliphatic rings. The number of hydrogen-bond acceptors (Lipinski definition) is 3. The lowest BCUT2D eigenvalue weighted by Crippen LogP contribution is -2.43. The van der Waals surface area contributed by atoms with Gasteiger partial charge in [0.15, 0.2) is 0 Å². The van der Waals surface area contributed by atoms with E-state index in [9.17, 15) is 8.42 Å². The van der Waals surface area contributed by atoms with E-state index in [2.05, 4.69) is 9.44 Å². The molecule has 0 heterocycles. The average Bonchev–Trinajstić information content (AvgIpc) is 2.05. The SMILES string of the molecule is CC(C)(C)NS(=O)(=O)Nc1ccc(Cl)cc1N. The van der Waals surface area contributed by atoms with E-state index in [-0.39, 0.29) is 5.69 Å². The minimum atomic E-state index is -3.65. The van der Waals surface area contributed by atoms with Crippen LogP contribution in [0, 0.1) is 0 Å². The summed E-state index contributed by atoms with van der Waals surface area (Å²) in [5, 5.41) is 0.453. The highest BCUT2D eigenvalue weighted by Crippen LogP contribution is 2.23. The number of anilines is 2. The summed E-state index contributed by atoms with van der Waals surface area (Å²) in [4.78, 5) is 0. The van der Waals surface area contributed by atoms with Crippen molar-refractivity contribution in [3.63, 3.8) is 0 Å². The van der Waals surface area contributed by atoms with E-state index in [0.717, 1.165) is 0 Å². The third kappa shape index (κ3) is 4.80. The summed E-state index contributed by atoms with van der Waals surface area (Å²) in [6.07, 6.45) is 0. The highest BCUT2D eigenvalue weighted by atomic mass is 35.5. The third-order valence-electron chi connectivity index (χ3n) is 1.70. The van der Waals surface area contributed by atoms with Crippen molar-refractivity contribution in [1.29, 1.82) is 0 Å². The quantitative estimate of drug-likeness (QED) is 0.739. The number of nitrogens with two attached hydrogens (primary N) is 1. The first-order valence-corrected chi connectivity index (χ1v) is 6.82. The highest BCUT2D eigenvalue weighted by molar-refractivity contribution is 7.90. The van der Waals surface area contributed by atoms with Gasteiger partial charge in [-0.15, -0.1) is 0 Å². The van der Waals surface area contributed by atoms with E-state index in [1.54, 1.807) is 26.8 Å². The molecule has 1 rings (SSSR count). The van der Waals surface area contributed by atoms with Crippen molar-refractivity contribution in [2.24, 2.45) is 0 Å². The minimum absolute atomic E-state index is 0.275. The normalized spacial score (nSPS) is 12.5. The molecule has 0 unspecified atom stereocenters. The molecule has 0 bridgehead atoms. The minimum Gasteiger partial charge on any atom is -0.397 e. The molecule has 1 aromatic carbocycles. The molecule has 4 N–H and O–H groups in total. The molecule has 0 spiro atoms. The zero-order chi connectivity index (χ0) is 13.3. The standard InChI is InChI=1S/C10H16ClN3O2S/c1-10(2,3)14-17(15,16)13-9-5-4-7(11)6-8(9)12/h4-6,13-14H,12H2,1-3H3. The van der Waals surface area contributed by atoms with Crippen molar-refractivity contribution in [2.45, 2.75) is 26.3 Å². The summed E-state index contributed by atoms with van der Waals surface area (Å²) in [5.74, 6) is 0. The lowest BCUT2D eigenvalue weighted by atomic mass is 10.1. The molecule has 5 nitrogen and oxygen atoms in total. The van der Waals surface area contributed by atoms with Crippen LogP contribution in [0.2, 0.25) is 5.02 Å². The second-order valence-electron chi connectivity index (χ2n) is 4.69. The molecule has 0 atom stereocenters. The van der Waals surface area contributed by atoms with Gasteiger partial charge in [-0.3, -0.25) is 4.72 Å². The van der Waals surface area contributed by atoms with Gasteiger partial charge in [-0.2, -0.15) is 13.1 Å². The van der Waals surface area contributed by atoms with Crippen LogP contribution in [0.15, 0.2) is 18.2 Å². The number of nitrogens with one attached hydrogen (secondary N) is 2. The molecule has 0 aliphatic carbocycles. The van der Waals surface area contributed by atoms with Gasteiger partial charge in [0.1, 0.15) is 0 Å². The first-order chi connectivity index (χ1) is 7.59. The van der Waals surface area contributed by atoms with E-state index >= 15 is 0 Å². The smallest absolute Gasteiger partial charge is 0.299 e. The Hall–Kier alpha value is -0.980. The molecule has 1 aromatic rings. The maximum absolute atomic E-state index is 11.7. The molecule has 0 amide bonds. The summed E-state index contributed by atoms with van der Waals surface area (Å²) in [6, 6.07) is 4.56. The maximum atomic E-state index is 11.7. The van der Waals surface area contributed by atoms with Crippen molar-refractivity contribution in [3.8, 4) is 0 Å². The van der Waals surface area contributed by atoms with Crippen LogP contribution in [0.1, 0.15) is 20.8 Å². The molecule has 96 valence electrons. The number of rotatable bonds is 3. The van der Waals surface area contributed by atoms with Crippen molar-refractivity contribution in [2.75, 3.05) is 10.5 Å². The lowest BCUT2D eigenvalue weighted by molar-refractivity contribution is 0.494. The largest absolute Gasteiger partial charge is 0.397 e. The van der Waals surface area contributed by atoms with Crippen molar-refractivity contribution < 1.29 is 8.42 Å². The topological polar surface area (TPSA) is 84.2 Å². The van der Waals surface area contributed by atoms with Gasteiger partial charge in [0.2, 0.25) is 0 Å². The zero-order valence-electron chi connectivity index (χ0n) is 9.91. The summed E-state index contributed by atoms with van der Waals surface area (Å²) < 4.78 is 28.3. The fourth-order valence-corrected chi connectivity index (χ4v) is 2.71. The molecule has 0 saturated carbocycles. The second-order valence-corrected chi connectivity index (χ2v) is 6.54. The van der Waals surface area contributed by atoms with Gasteiger partial charge in [0.05, 0.1) is 11.4 Å². The summed E-state index contributed by atoms with van der Waals surface area (Å²) in [5.41, 5.74) is 5.66. The predicted molar refractivity (Wildman–Crippen MR) is 71.3 cm³/mol. The van der Waals surface area contributed by atoms with Gasteiger partial charge < -0.3 is 5.73 Å². The Morgan fingerprint density at radius 2 is 1.88 bits per heavy atom. The fourth-order valence-electron chi connectivity index (χ4n) is 1.20. The van der Waals surface area contributed by atoms with E-state index in [0.29, 0.717) is 10.7 Å². The molecule has 7 heteroatoms. The van der Waals surface area contributed by atoms with E-state index < -0.39 is 15.7 Å². The van der Waals surface area contributed by atoms with Gasteiger partial charge in [-0.1, -0.05) is 11.6 Å². The molecule has 0 aliphatic heterocycles. The molecule has 0 radical (unpaired) electrons. The second kappa shape index (κ2) is 4.72. The predicted octanol–water partition coefficient (Wildman–Crippen LogP) is 1.97. The number of nitrogen functional groups attached to an aromatic ring is 1. The Labute approximate surface area is 107 Å². The Balaban J connectivity index is 2.91. The van der Waals surface area contributed by atoms with Gasteiger partial charge in [-0.25, -0.2) is 0 Å². The van der Waals surface area contributed by atoms with Crippen LogP contribution in [0.25, 0.3) is 0 Å². The number of hydrogen-bond donors (Lipinski definition) is 3. The Kier molecular flexibility index (Phi) is 3.91. The molecule has 0 saturated heterocycles. The average molecular weight is 278 g/mol. The van der Waals surface area contributed by atoms with Crippen molar-refractivity contribution in [1.82, 2.24) is 4.72 Å². The highest BCUT2D eigenvalue weighted by Gasteiger charge is 2.20. The first kappa shape index (κ1) is 14.1. The zero-order valence-corrected chi connectivity index (χ0v) is 11.5. The van der Waals surface area contributed by atoms with Crippen LogP contribution in [0.5, 0.6) is 0 Å². The van der Waals surface area contributed by atoms with Crippen LogP contribution < -0.4 is 15.2 Å². The van der Waals surface area contributed by atoms with Gasteiger partial charge in [0, 0.05) is 10.6 Å². The van der Waals surface area contributed by atoms with Gasteiger partial charge in [0.25, 0.3) is 10.2 Å². The van der Waals surface area contributed by atoms with Crippen LogP contribution in [0.3, 0.4) is 0 Å². The van der Waals surface area contributed by atoms with Gasteiger partial charge in [-0.05, 0) is 39.0 Å². The third-order valence-corrected chi connectivity index (χ3v) is 3.30. The fraction of sp³-hybridized carbons (Fsp3) is 0.400. The van der Waals surface area contributed by atoms with E-state index in [1.807, 2.05) is 0 Å². The molecule has 0 aromatic heterocycles. The molecular weight excluding hydrogens is 262 g/mol. The van der Waals surface area contributed by atoms with Crippen molar-refractivity contribution >= 4 is 33.2 Å². The number of benzene rings is 1. The van der Waals surface area contributed by atoms with Gasteiger partial charge >= 0.3 is 0 Å². The Bertz CT molecular complexity index is 509. The summed E-state index contributed by atoms with van der Waals surface area (Å²) >= 11 is 5.72. The van der Waals surface area contributed by atoms with Crippen molar-refractivity contribution in [3.05, 3.63) is 23.2 Å². The summed E-state index contributed by atoms with van der Waals surface area (Å²) in [6.45, 7) is 5.24. The molecule has 0 fully saturated rings. The monoisotopic (exact) mass is 277 g/mol. The Morgan fingerprint density at radius 1 is 1.29 bits per heavy atom. The van der Waals surface area contributed by atoms with E-state index in [1.165, 1.54) is 12.1 Å². The first-order valence-electron chi connectivity index (χ1n) is 4.96. The lowest BCUT2D eigenvalue weighted by Gasteiger charge is -2.21. The van der Waals surface area contributed by atoms with Crippen LogP contribution in [0.4, 0.5) is 11.4 Å². The molecule has 17 heavy (non-hydrogen) atoms. The van der Waals surface area contributed by atoms with Crippen LogP contribution in [-0.4, -0.2) is 14.0 Å². The van der Waals surface area contributed by atoms with E-state index in [4.69, 9.17) is 17.3 Å². The summed E-state index contributed by atoms with van der Waals surface area (Å²) in [7, 11) is -3.65.